The summed E-state index contributed by atoms with van der Waals surface area (Å²) in [6.07, 6.45) is 14.8. The van der Waals surface area contributed by atoms with E-state index in [0.717, 1.165) is 114 Å². The van der Waals surface area contributed by atoms with Crippen molar-refractivity contribution in [3.63, 3.8) is 0 Å². The number of aliphatic imine (C=N–C) groups is 1. The molecule has 2 fully saturated rings. The molecule has 1 saturated carbocycles. The summed E-state index contributed by atoms with van der Waals surface area (Å²) in [5.74, 6) is 0.681. The maximum atomic E-state index is 13.4. The molecule has 5 aromatic rings. The molecule has 7 rings (SSSR count). The van der Waals surface area contributed by atoms with Crippen LogP contribution in [0.2, 0.25) is 0 Å². The summed E-state index contributed by atoms with van der Waals surface area (Å²) in [4.78, 5) is 70.7. The first-order valence-corrected chi connectivity index (χ1v) is 21.6. The Hall–Kier alpha value is -6.67. The van der Waals surface area contributed by atoms with E-state index in [-0.39, 0.29) is 29.9 Å². The van der Waals surface area contributed by atoms with Gasteiger partial charge >= 0.3 is 0 Å². The van der Waals surface area contributed by atoms with E-state index in [9.17, 15) is 19.2 Å². The van der Waals surface area contributed by atoms with Crippen LogP contribution in [0.15, 0.2) is 78.0 Å². The summed E-state index contributed by atoms with van der Waals surface area (Å²) in [6, 6.07) is 18.7. The lowest BCUT2D eigenvalue weighted by molar-refractivity contribution is -0.125. The number of hydrogen-bond donors (Lipinski definition) is 2. The van der Waals surface area contributed by atoms with E-state index < -0.39 is 11.9 Å². The third-order valence-electron chi connectivity index (χ3n) is 11.6. The van der Waals surface area contributed by atoms with E-state index in [1.165, 1.54) is 25.4 Å². The molecule has 1 aliphatic heterocycles. The molecule has 0 spiro atoms. The molecule has 1 saturated heterocycles. The van der Waals surface area contributed by atoms with Crippen LogP contribution in [-0.2, 0) is 16.0 Å². The number of aromatic nitrogens is 3. The topological polar surface area (TPSA) is 162 Å². The summed E-state index contributed by atoms with van der Waals surface area (Å²) in [6.45, 7) is 10.3. The Morgan fingerprint density at radius 3 is 2.44 bits per heavy atom. The summed E-state index contributed by atoms with van der Waals surface area (Å²) >= 11 is 0. The lowest BCUT2D eigenvalue weighted by Crippen LogP contribution is -2.47. The maximum Gasteiger partial charge on any atom is 0.255 e. The van der Waals surface area contributed by atoms with Crippen molar-refractivity contribution in [2.45, 2.75) is 64.0 Å². The van der Waals surface area contributed by atoms with Crippen molar-refractivity contribution >= 4 is 60.0 Å². The summed E-state index contributed by atoms with van der Waals surface area (Å²) < 4.78 is 11.0. The van der Waals surface area contributed by atoms with Crippen LogP contribution in [0.25, 0.3) is 34.8 Å². The first kappa shape index (κ1) is 45.8. The highest BCUT2D eigenvalue weighted by Gasteiger charge is 2.29. The van der Waals surface area contributed by atoms with Crippen LogP contribution in [0.5, 0.6) is 11.6 Å². The normalized spacial score (nSPS) is 15.0. The fourth-order valence-electron chi connectivity index (χ4n) is 7.68. The van der Waals surface area contributed by atoms with Crippen LogP contribution in [0.1, 0.15) is 71.9 Å². The fourth-order valence-corrected chi connectivity index (χ4v) is 7.68. The number of carbonyl (C=O) groups excluding carboxylic acids is 4. The smallest absolute Gasteiger partial charge is 0.255 e. The number of nitrogens with one attached hydrogen (secondary N) is 2. The number of aryl methyl sites for hydroxylation is 1. The number of anilines is 1. The Morgan fingerprint density at radius 1 is 1.02 bits per heavy atom. The summed E-state index contributed by atoms with van der Waals surface area (Å²) in [7, 11) is 4.64. The summed E-state index contributed by atoms with van der Waals surface area (Å²) in [5, 5.41) is 5.57. The van der Waals surface area contributed by atoms with Crippen LogP contribution in [-0.4, -0.2) is 121 Å². The standard InChI is InChI=1S/C28H37N5O5.C21H21N3O/c1-29-27(36)26(7-5-17-34)31(2)28(37)25-18-23(10-8-21(25)20-35)33-15-13-32(14-16-33)12-4-6-22-9-11-24(38-3)19-30-22;1-3-22-13-19-14(2)24-20-11-15(7-9-18(19)20)16-8-10-21(23-12-16)25-17-5-4-6-17/h8-11,17-20,26H,4-7,12-16H2,1-3H3,(H,29,36);3,7-13,17,24H,2,4-6H2,1H3/b;19-13+,22-3?. The van der Waals surface area contributed by atoms with Crippen molar-refractivity contribution in [2.75, 3.05) is 58.8 Å². The van der Waals surface area contributed by atoms with Crippen LogP contribution in [0.4, 0.5) is 5.69 Å². The highest BCUT2D eigenvalue weighted by atomic mass is 16.5. The van der Waals surface area contributed by atoms with Crippen molar-refractivity contribution in [3.05, 3.63) is 100 Å². The second-order valence-corrected chi connectivity index (χ2v) is 15.7. The molecule has 330 valence electrons. The quantitative estimate of drug-likeness (QED) is 0.0937. The molecule has 63 heavy (non-hydrogen) atoms. The fraction of sp³-hybridized carbons (Fsp3) is 0.367. The van der Waals surface area contributed by atoms with Crippen LogP contribution in [0, 0.1) is 0 Å². The van der Waals surface area contributed by atoms with E-state index in [4.69, 9.17) is 9.47 Å². The molecular weight excluding hydrogens is 797 g/mol. The molecule has 2 aliphatic rings. The molecule has 0 radical (unpaired) electrons. The minimum atomic E-state index is -0.808. The molecule has 2 aromatic carbocycles. The number of amides is 2. The van der Waals surface area contributed by atoms with E-state index in [1.54, 1.807) is 31.7 Å². The highest BCUT2D eigenvalue weighted by molar-refractivity contribution is 6.04. The van der Waals surface area contributed by atoms with Gasteiger partial charge in [0.05, 0.1) is 18.9 Å². The number of H-pyrrole nitrogens is 1. The molecule has 3 aromatic heterocycles. The number of carbonyl (C=O) groups is 4. The maximum absolute atomic E-state index is 13.4. The Bertz CT molecular complexity index is 2470. The van der Waals surface area contributed by atoms with E-state index in [2.05, 4.69) is 65.9 Å². The zero-order valence-electron chi connectivity index (χ0n) is 36.7. The lowest BCUT2D eigenvalue weighted by atomic mass is 9.96. The second-order valence-electron chi connectivity index (χ2n) is 15.7. The monoisotopic (exact) mass is 854 g/mol. The number of pyridine rings is 2. The minimum absolute atomic E-state index is 0.150. The Balaban J connectivity index is 0.000000227. The Morgan fingerprint density at radius 2 is 1.81 bits per heavy atom. The van der Waals surface area contributed by atoms with Crippen LogP contribution in [0.3, 0.4) is 0 Å². The molecule has 14 nitrogen and oxygen atoms in total. The lowest BCUT2D eigenvalue weighted by Gasteiger charge is -2.36. The van der Waals surface area contributed by atoms with Gasteiger partial charge in [-0.25, -0.2) is 4.98 Å². The SMILES string of the molecule is C=c1[nH]c2cc(-c3ccc(OC4CCC4)nc3)ccc2/c1=C/N=CC.CNC(=O)C(CCC=O)N(C)C(=O)c1cc(N2CCN(CCCc3ccc(OC)cn3)CC2)ccc1C=O. The van der Waals surface area contributed by atoms with E-state index in [0.29, 0.717) is 18.3 Å². The minimum Gasteiger partial charge on any atom is -0.495 e. The van der Waals surface area contributed by atoms with Gasteiger partial charge in [0, 0.05) is 115 Å². The van der Waals surface area contributed by atoms with E-state index >= 15 is 0 Å². The van der Waals surface area contributed by atoms with Gasteiger partial charge < -0.3 is 34.4 Å². The molecule has 1 atom stereocenters. The molecule has 0 bridgehead atoms. The van der Waals surface area contributed by atoms with Crippen LogP contribution >= 0.6 is 0 Å². The number of methoxy groups -OCH3 is 1. The number of piperazine rings is 1. The van der Waals surface area contributed by atoms with Crippen molar-refractivity contribution in [3.8, 4) is 22.8 Å². The number of ether oxygens (including phenoxy) is 2. The molecule has 2 amide bonds. The van der Waals surface area contributed by atoms with E-state index in [1.807, 2.05) is 43.6 Å². The number of hydrogen-bond acceptors (Lipinski definition) is 11. The molecule has 14 heteroatoms. The van der Waals surface area contributed by atoms with Gasteiger partial charge in [-0.3, -0.25) is 29.3 Å². The largest absolute Gasteiger partial charge is 0.495 e. The van der Waals surface area contributed by atoms with Gasteiger partial charge in [0.25, 0.3) is 5.91 Å². The van der Waals surface area contributed by atoms with Crippen molar-refractivity contribution in [2.24, 2.45) is 4.99 Å². The predicted molar refractivity (Wildman–Crippen MR) is 248 cm³/mol. The Kier molecular flexibility index (Phi) is 16.3. The number of rotatable bonds is 17. The molecule has 2 N–H and O–H groups in total. The number of aromatic amines is 1. The van der Waals surface area contributed by atoms with Crippen molar-refractivity contribution < 1.29 is 28.7 Å². The molecule has 4 heterocycles. The van der Waals surface area contributed by atoms with Gasteiger partial charge in [-0.1, -0.05) is 18.7 Å². The molecular formula is C49H58N8O6. The van der Waals surface area contributed by atoms with Crippen molar-refractivity contribution in [1.82, 2.24) is 30.1 Å². The van der Waals surface area contributed by atoms with Gasteiger partial charge in [-0.2, -0.15) is 0 Å². The number of aldehydes is 2. The first-order valence-electron chi connectivity index (χ1n) is 21.6. The zero-order valence-corrected chi connectivity index (χ0v) is 36.7. The van der Waals surface area contributed by atoms with Gasteiger partial charge in [-0.05, 0) is 100 Å². The average Bonchev–Trinajstić information content (AvgIpc) is 3.63. The number of nitrogens with zero attached hydrogens (tertiary/aromatic N) is 6. The molecule has 1 unspecified atom stereocenters. The average molecular weight is 855 g/mol. The predicted octanol–water partition coefficient (Wildman–Crippen LogP) is 5.22. The number of fused-ring (bicyclic) bond motifs is 1. The Labute approximate surface area is 368 Å². The third kappa shape index (κ3) is 11.8. The molecule has 1 aliphatic carbocycles. The van der Waals surface area contributed by atoms with Gasteiger partial charge in [0.15, 0.2) is 6.29 Å². The third-order valence-corrected chi connectivity index (χ3v) is 11.6. The highest BCUT2D eigenvalue weighted by Crippen LogP contribution is 2.27. The summed E-state index contributed by atoms with van der Waals surface area (Å²) in [5.41, 5.74) is 5.65. The number of likely N-dealkylation sites (N-methyl/N-ethyl adjacent to an activating group) is 2. The van der Waals surface area contributed by atoms with Gasteiger partial charge in [0.1, 0.15) is 24.2 Å². The van der Waals surface area contributed by atoms with Crippen LogP contribution < -0.4 is 30.3 Å². The second kappa shape index (κ2) is 22.4. The van der Waals surface area contributed by atoms with Crippen molar-refractivity contribution in [1.29, 1.82) is 0 Å². The number of benzene rings is 2. The zero-order chi connectivity index (χ0) is 44.7. The van der Waals surface area contributed by atoms with Gasteiger partial charge in [-0.15, -0.1) is 0 Å². The van der Waals surface area contributed by atoms with Gasteiger partial charge in [0.2, 0.25) is 11.8 Å². The first-order chi connectivity index (χ1) is 30.7.